The number of carbonyl (C=O) groups is 1. The molecular formula is C15H23NOS. The van der Waals surface area contributed by atoms with Crippen molar-refractivity contribution < 1.29 is 4.79 Å². The van der Waals surface area contributed by atoms with E-state index in [1.54, 1.807) is 0 Å². The van der Waals surface area contributed by atoms with Crippen LogP contribution in [0.5, 0.6) is 0 Å². The summed E-state index contributed by atoms with van der Waals surface area (Å²) in [5.74, 6) is 0.349. The number of nitrogens with zero attached hydrogens (tertiary/aromatic N) is 1. The quantitative estimate of drug-likeness (QED) is 0.776. The van der Waals surface area contributed by atoms with Crippen LogP contribution in [0.2, 0.25) is 0 Å². The first-order valence-electron chi connectivity index (χ1n) is 6.62. The highest BCUT2D eigenvalue weighted by atomic mass is 32.1. The molecule has 1 atom stereocenters. The molecule has 100 valence electrons. The van der Waals surface area contributed by atoms with Gasteiger partial charge in [0.05, 0.1) is 5.25 Å². The van der Waals surface area contributed by atoms with Gasteiger partial charge in [-0.25, -0.2) is 0 Å². The Balaban J connectivity index is 2.88. The third-order valence-electron chi connectivity index (χ3n) is 2.95. The SMILES string of the molecule is CCCCN(C(=O)C(S)C(C)C)c1ccccc1. The molecule has 0 radical (unpaired) electrons. The molecule has 0 saturated heterocycles. The summed E-state index contributed by atoms with van der Waals surface area (Å²) in [6.07, 6.45) is 2.09. The highest BCUT2D eigenvalue weighted by Gasteiger charge is 2.24. The molecule has 2 nitrogen and oxygen atoms in total. The molecule has 0 heterocycles. The number of carbonyl (C=O) groups excluding carboxylic acids is 1. The number of benzene rings is 1. The van der Waals surface area contributed by atoms with E-state index in [9.17, 15) is 4.79 Å². The summed E-state index contributed by atoms with van der Waals surface area (Å²) < 4.78 is 0. The van der Waals surface area contributed by atoms with Gasteiger partial charge < -0.3 is 4.90 Å². The van der Waals surface area contributed by atoms with Gasteiger partial charge in [-0.15, -0.1) is 0 Å². The Morgan fingerprint density at radius 3 is 2.39 bits per heavy atom. The highest BCUT2D eigenvalue weighted by molar-refractivity contribution is 7.81. The zero-order valence-corrected chi connectivity index (χ0v) is 12.4. The topological polar surface area (TPSA) is 20.3 Å². The van der Waals surface area contributed by atoms with Crippen molar-refractivity contribution in [3.8, 4) is 0 Å². The van der Waals surface area contributed by atoms with E-state index >= 15 is 0 Å². The van der Waals surface area contributed by atoms with Crippen LogP contribution in [0.25, 0.3) is 0 Å². The predicted molar refractivity (Wildman–Crippen MR) is 81.3 cm³/mol. The molecule has 0 aromatic heterocycles. The molecule has 0 fully saturated rings. The van der Waals surface area contributed by atoms with Crippen molar-refractivity contribution in [1.29, 1.82) is 0 Å². The first-order chi connectivity index (χ1) is 8.57. The van der Waals surface area contributed by atoms with Crippen molar-refractivity contribution in [2.75, 3.05) is 11.4 Å². The standard InChI is InChI=1S/C15H23NOS/c1-4-5-11-16(13-9-7-6-8-10-13)15(17)14(18)12(2)3/h6-10,12,14,18H,4-5,11H2,1-3H3. The number of para-hydroxylation sites is 1. The van der Waals surface area contributed by atoms with Crippen molar-refractivity contribution >= 4 is 24.2 Å². The molecule has 1 unspecified atom stereocenters. The van der Waals surface area contributed by atoms with Crippen molar-refractivity contribution in [2.45, 2.75) is 38.9 Å². The Bertz CT molecular complexity index is 364. The van der Waals surface area contributed by atoms with Gasteiger partial charge in [-0.05, 0) is 24.5 Å². The van der Waals surface area contributed by atoms with Gasteiger partial charge in [0.1, 0.15) is 0 Å². The molecule has 18 heavy (non-hydrogen) atoms. The fraction of sp³-hybridized carbons (Fsp3) is 0.533. The van der Waals surface area contributed by atoms with E-state index < -0.39 is 0 Å². The second-order valence-electron chi connectivity index (χ2n) is 4.87. The fourth-order valence-corrected chi connectivity index (χ4v) is 1.87. The lowest BCUT2D eigenvalue weighted by atomic mass is 10.1. The number of thiol groups is 1. The first-order valence-corrected chi connectivity index (χ1v) is 7.14. The van der Waals surface area contributed by atoms with Gasteiger partial charge in [0.25, 0.3) is 0 Å². The Hall–Kier alpha value is -0.960. The van der Waals surface area contributed by atoms with Gasteiger partial charge in [0, 0.05) is 12.2 Å². The zero-order valence-electron chi connectivity index (χ0n) is 11.5. The van der Waals surface area contributed by atoms with E-state index in [0.29, 0.717) is 0 Å². The van der Waals surface area contributed by atoms with Crippen LogP contribution in [0.15, 0.2) is 30.3 Å². The molecule has 1 aromatic carbocycles. The van der Waals surface area contributed by atoms with E-state index in [4.69, 9.17) is 0 Å². The average molecular weight is 265 g/mol. The second kappa shape index (κ2) is 7.47. The third-order valence-corrected chi connectivity index (χ3v) is 3.77. The Morgan fingerprint density at radius 2 is 1.89 bits per heavy atom. The van der Waals surface area contributed by atoms with Gasteiger partial charge in [-0.1, -0.05) is 45.4 Å². The van der Waals surface area contributed by atoms with Gasteiger partial charge in [-0.3, -0.25) is 4.79 Å². The summed E-state index contributed by atoms with van der Waals surface area (Å²) in [6.45, 7) is 6.95. The number of unbranched alkanes of at least 4 members (excludes halogenated alkanes) is 1. The Kier molecular flexibility index (Phi) is 6.27. The van der Waals surface area contributed by atoms with E-state index in [0.717, 1.165) is 25.1 Å². The van der Waals surface area contributed by atoms with Crippen LogP contribution in [-0.2, 0) is 4.79 Å². The van der Waals surface area contributed by atoms with Crippen molar-refractivity contribution in [1.82, 2.24) is 0 Å². The van der Waals surface area contributed by atoms with Gasteiger partial charge in [0.15, 0.2) is 0 Å². The van der Waals surface area contributed by atoms with Crippen molar-refractivity contribution in [3.63, 3.8) is 0 Å². The summed E-state index contributed by atoms with van der Waals surface area (Å²) in [4.78, 5) is 14.3. The Morgan fingerprint density at radius 1 is 1.28 bits per heavy atom. The number of amides is 1. The van der Waals surface area contributed by atoms with Gasteiger partial charge >= 0.3 is 0 Å². The summed E-state index contributed by atoms with van der Waals surface area (Å²) in [6, 6.07) is 9.85. The summed E-state index contributed by atoms with van der Waals surface area (Å²) in [5, 5.41) is -0.234. The number of anilines is 1. The minimum Gasteiger partial charge on any atom is -0.311 e. The molecule has 0 N–H and O–H groups in total. The van der Waals surface area contributed by atoms with Crippen LogP contribution in [0, 0.1) is 5.92 Å². The molecule has 1 rings (SSSR count). The third kappa shape index (κ3) is 4.05. The molecule has 0 spiro atoms. The molecule has 0 aliphatic rings. The van der Waals surface area contributed by atoms with E-state index in [-0.39, 0.29) is 17.1 Å². The molecule has 0 bridgehead atoms. The predicted octanol–water partition coefficient (Wildman–Crippen LogP) is 3.77. The lowest BCUT2D eigenvalue weighted by Gasteiger charge is -2.27. The van der Waals surface area contributed by atoms with Crippen molar-refractivity contribution in [3.05, 3.63) is 30.3 Å². The second-order valence-corrected chi connectivity index (χ2v) is 5.42. The van der Waals surface area contributed by atoms with Crippen LogP contribution in [0.3, 0.4) is 0 Å². The lowest BCUT2D eigenvalue weighted by Crippen LogP contribution is -2.39. The normalized spacial score (nSPS) is 12.5. The molecule has 0 saturated carbocycles. The number of rotatable bonds is 6. The first kappa shape index (κ1) is 15.1. The highest BCUT2D eigenvalue weighted by Crippen LogP contribution is 2.20. The van der Waals surface area contributed by atoms with Gasteiger partial charge in [0.2, 0.25) is 5.91 Å². The average Bonchev–Trinajstić information content (AvgIpc) is 2.39. The van der Waals surface area contributed by atoms with Crippen LogP contribution in [0.1, 0.15) is 33.6 Å². The largest absolute Gasteiger partial charge is 0.311 e. The number of hydrogen-bond donors (Lipinski definition) is 1. The summed E-state index contributed by atoms with van der Waals surface area (Å²) in [7, 11) is 0. The lowest BCUT2D eigenvalue weighted by molar-refractivity contribution is -0.118. The summed E-state index contributed by atoms with van der Waals surface area (Å²) >= 11 is 4.44. The van der Waals surface area contributed by atoms with Crippen LogP contribution in [-0.4, -0.2) is 17.7 Å². The number of hydrogen-bond acceptors (Lipinski definition) is 2. The maximum atomic E-state index is 12.4. The van der Waals surface area contributed by atoms with E-state index in [1.165, 1.54) is 0 Å². The van der Waals surface area contributed by atoms with Crippen LogP contribution in [0.4, 0.5) is 5.69 Å². The Labute approximate surface area is 116 Å². The van der Waals surface area contributed by atoms with Crippen molar-refractivity contribution in [2.24, 2.45) is 5.92 Å². The summed E-state index contributed by atoms with van der Waals surface area (Å²) in [5.41, 5.74) is 0.968. The fourth-order valence-electron chi connectivity index (χ4n) is 1.74. The molecule has 0 aliphatic carbocycles. The molecule has 1 aromatic rings. The molecule has 3 heteroatoms. The smallest absolute Gasteiger partial charge is 0.240 e. The maximum Gasteiger partial charge on any atom is 0.240 e. The molecule has 1 amide bonds. The monoisotopic (exact) mass is 265 g/mol. The minimum atomic E-state index is -0.234. The molecular weight excluding hydrogens is 242 g/mol. The van der Waals surface area contributed by atoms with Gasteiger partial charge in [-0.2, -0.15) is 12.6 Å². The van der Waals surface area contributed by atoms with Crippen LogP contribution < -0.4 is 4.90 Å². The van der Waals surface area contributed by atoms with E-state index in [2.05, 4.69) is 19.6 Å². The van der Waals surface area contributed by atoms with E-state index in [1.807, 2.05) is 49.1 Å². The minimum absolute atomic E-state index is 0.105. The molecule has 0 aliphatic heterocycles. The van der Waals surface area contributed by atoms with Crippen LogP contribution >= 0.6 is 12.6 Å². The zero-order chi connectivity index (χ0) is 13.5. The maximum absolute atomic E-state index is 12.4.